The summed E-state index contributed by atoms with van der Waals surface area (Å²) in [6.07, 6.45) is 1.54. The number of aliphatic hydroxyl groups excluding tert-OH is 1. The summed E-state index contributed by atoms with van der Waals surface area (Å²) >= 11 is 0. The van der Waals surface area contributed by atoms with E-state index in [0.29, 0.717) is 13.0 Å². The smallest absolute Gasteiger partial charge is 0.192 e. The number of aliphatic hydroxyl groups is 1. The molecule has 0 bridgehead atoms. The molecule has 2 fully saturated rings. The van der Waals surface area contributed by atoms with Crippen molar-refractivity contribution in [3.05, 3.63) is 12.7 Å². The van der Waals surface area contributed by atoms with Crippen molar-refractivity contribution in [2.75, 3.05) is 6.61 Å². The Morgan fingerprint density at radius 3 is 2.48 bits per heavy atom. The Morgan fingerprint density at radius 2 is 1.93 bits per heavy atom. The first-order chi connectivity index (χ1) is 13.3. The molecule has 2 aliphatic heterocycles. The lowest BCUT2D eigenvalue weighted by Crippen LogP contribution is -2.59. The van der Waals surface area contributed by atoms with Crippen LogP contribution in [0.1, 0.15) is 60.8 Å². The highest BCUT2D eigenvalue weighted by Gasteiger charge is 2.55. The maximum absolute atomic E-state index is 10.5. The van der Waals surface area contributed by atoms with Crippen LogP contribution in [0.15, 0.2) is 12.7 Å². The van der Waals surface area contributed by atoms with E-state index in [1.165, 1.54) is 0 Å². The summed E-state index contributed by atoms with van der Waals surface area (Å²) in [5.41, 5.74) is 0. The van der Waals surface area contributed by atoms with Crippen molar-refractivity contribution in [1.82, 2.24) is 0 Å². The molecule has 170 valence electrons. The van der Waals surface area contributed by atoms with E-state index in [2.05, 4.69) is 47.4 Å². The van der Waals surface area contributed by atoms with Crippen LogP contribution >= 0.6 is 0 Å². The Kier molecular flexibility index (Phi) is 8.15. The van der Waals surface area contributed by atoms with Gasteiger partial charge in [-0.3, -0.25) is 0 Å². The van der Waals surface area contributed by atoms with Gasteiger partial charge in [-0.15, -0.1) is 6.58 Å². The molecule has 7 heteroatoms. The summed E-state index contributed by atoms with van der Waals surface area (Å²) in [5.74, 6) is -0.693. The molecular formula is C22H42O6Si. The van der Waals surface area contributed by atoms with E-state index in [0.717, 1.165) is 12.8 Å². The summed E-state index contributed by atoms with van der Waals surface area (Å²) < 4.78 is 31.3. The Labute approximate surface area is 178 Å². The fourth-order valence-electron chi connectivity index (χ4n) is 3.50. The predicted octanol–water partition coefficient (Wildman–Crippen LogP) is 4.38. The highest BCUT2D eigenvalue weighted by atomic mass is 28.4. The highest BCUT2D eigenvalue weighted by Crippen LogP contribution is 2.42. The molecule has 6 atom stereocenters. The van der Waals surface area contributed by atoms with E-state index >= 15 is 0 Å². The fraction of sp³-hybridized carbons (Fsp3) is 0.909. The van der Waals surface area contributed by atoms with Crippen molar-refractivity contribution in [3.63, 3.8) is 0 Å². The molecule has 1 N–H and O–H groups in total. The molecule has 0 amide bonds. The average Bonchev–Trinajstić information content (AvgIpc) is 2.92. The van der Waals surface area contributed by atoms with Gasteiger partial charge in [0.2, 0.25) is 0 Å². The van der Waals surface area contributed by atoms with E-state index in [1.54, 1.807) is 6.08 Å². The molecule has 0 unspecified atom stereocenters. The van der Waals surface area contributed by atoms with Gasteiger partial charge in [0, 0.05) is 0 Å². The van der Waals surface area contributed by atoms with Crippen LogP contribution < -0.4 is 0 Å². The third-order valence-corrected chi connectivity index (χ3v) is 10.7. The predicted molar refractivity (Wildman–Crippen MR) is 116 cm³/mol. The Hall–Kier alpha value is -0.283. The van der Waals surface area contributed by atoms with Gasteiger partial charge in [0.25, 0.3) is 0 Å². The summed E-state index contributed by atoms with van der Waals surface area (Å²) in [4.78, 5) is 0. The Balaban J connectivity index is 2.23. The van der Waals surface area contributed by atoms with E-state index in [4.69, 9.17) is 23.4 Å². The molecular weight excluding hydrogens is 388 g/mol. The molecule has 0 aromatic carbocycles. The fourth-order valence-corrected chi connectivity index (χ4v) is 4.78. The number of unbranched alkanes of at least 4 members (excludes halogenated alkanes) is 1. The summed E-state index contributed by atoms with van der Waals surface area (Å²) in [6.45, 7) is 21.2. The second kappa shape index (κ2) is 9.47. The monoisotopic (exact) mass is 430 g/mol. The van der Waals surface area contributed by atoms with Crippen molar-refractivity contribution in [2.24, 2.45) is 0 Å². The van der Waals surface area contributed by atoms with E-state index < -0.39 is 38.7 Å². The molecule has 0 aromatic heterocycles. The van der Waals surface area contributed by atoms with Gasteiger partial charge < -0.3 is 28.5 Å². The molecule has 2 rings (SSSR count). The van der Waals surface area contributed by atoms with Gasteiger partial charge in [-0.2, -0.15) is 0 Å². The molecule has 2 aliphatic rings. The first-order valence-corrected chi connectivity index (χ1v) is 13.8. The number of hydrogen-bond donors (Lipinski definition) is 1. The lowest BCUT2D eigenvalue weighted by atomic mass is 10.0. The average molecular weight is 431 g/mol. The molecule has 6 nitrogen and oxygen atoms in total. The maximum atomic E-state index is 10.5. The molecule has 0 radical (unpaired) electrons. The van der Waals surface area contributed by atoms with Crippen LogP contribution in [-0.4, -0.2) is 62.6 Å². The highest BCUT2D eigenvalue weighted by molar-refractivity contribution is 6.74. The lowest BCUT2D eigenvalue weighted by molar-refractivity contribution is -0.264. The van der Waals surface area contributed by atoms with Crippen LogP contribution in [0.5, 0.6) is 0 Å². The van der Waals surface area contributed by atoms with Gasteiger partial charge in [-0.1, -0.05) is 46.6 Å². The molecule has 29 heavy (non-hydrogen) atoms. The van der Waals surface area contributed by atoms with E-state index in [9.17, 15) is 5.11 Å². The zero-order chi connectivity index (χ0) is 22.0. The maximum Gasteiger partial charge on any atom is 0.192 e. The second-order valence-corrected chi connectivity index (χ2v) is 15.0. The molecule has 0 aliphatic carbocycles. The lowest BCUT2D eigenvalue weighted by Gasteiger charge is -2.45. The van der Waals surface area contributed by atoms with Gasteiger partial charge >= 0.3 is 0 Å². The summed E-state index contributed by atoms with van der Waals surface area (Å²) in [6, 6.07) is 0. The van der Waals surface area contributed by atoms with Crippen molar-refractivity contribution >= 4 is 8.32 Å². The van der Waals surface area contributed by atoms with Gasteiger partial charge in [-0.25, -0.2) is 0 Å². The minimum absolute atomic E-state index is 0.0257. The van der Waals surface area contributed by atoms with Crippen molar-refractivity contribution < 1.29 is 28.5 Å². The van der Waals surface area contributed by atoms with E-state index in [1.807, 2.05) is 13.8 Å². The van der Waals surface area contributed by atoms with Crippen molar-refractivity contribution in [3.8, 4) is 0 Å². The Morgan fingerprint density at radius 1 is 1.28 bits per heavy atom. The third-order valence-electron chi connectivity index (χ3n) is 6.23. The zero-order valence-corrected chi connectivity index (χ0v) is 20.6. The van der Waals surface area contributed by atoms with Crippen molar-refractivity contribution in [1.29, 1.82) is 0 Å². The van der Waals surface area contributed by atoms with Gasteiger partial charge in [0.1, 0.15) is 24.4 Å². The van der Waals surface area contributed by atoms with Crippen LogP contribution in [0.4, 0.5) is 0 Å². The topological polar surface area (TPSA) is 66.4 Å². The first-order valence-electron chi connectivity index (χ1n) is 10.9. The van der Waals surface area contributed by atoms with Crippen LogP contribution in [-0.2, 0) is 23.4 Å². The number of fused-ring (bicyclic) bond motifs is 1. The standard InChI is InChI=1S/C22H42O6Si/c1-10-12-13-15(23)16(11-2)25-20-19(28-29(8,9)21(3,4)5)18-17(14-24-20)26-22(6,7)27-18/h11,15-20,23H,2,10,12-14H2,1,3-9H3/t15-,16-,17+,18+,19-,20-/m0/s1. The molecule has 0 aromatic rings. The normalized spacial score (nSPS) is 31.9. The molecule has 0 saturated carbocycles. The summed E-state index contributed by atoms with van der Waals surface area (Å²) in [5, 5.41) is 10.6. The Bertz CT molecular complexity index is 544. The number of ether oxygens (including phenoxy) is 4. The van der Waals surface area contributed by atoms with Crippen LogP contribution in [0.25, 0.3) is 0 Å². The number of rotatable bonds is 9. The van der Waals surface area contributed by atoms with Crippen molar-refractivity contribution in [2.45, 2.75) is 122 Å². The zero-order valence-electron chi connectivity index (χ0n) is 19.6. The minimum atomic E-state index is -2.13. The van der Waals surface area contributed by atoms with Gasteiger partial charge in [0.05, 0.1) is 12.7 Å². The summed E-state index contributed by atoms with van der Waals surface area (Å²) in [7, 11) is -2.13. The van der Waals surface area contributed by atoms with Gasteiger partial charge in [0.15, 0.2) is 20.4 Å². The van der Waals surface area contributed by atoms with Crippen LogP contribution in [0.2, 0.25) is 18.1 Å². The van der Waals surface area contributed by atoms with Crippen LogP contribution in [0.3, 0.4) is 0 Å². The second-order valence-electron chi connectivity index (χ2n) is 10.2. The molecule has 2 saturated heterocycles. The number of hydrogen-bond acceptors (Lipinski definition) is 6. The molecule has 0 spiro atoms. The first kappa shape index (κ1) is 25.0. The SMILES string of the molecule is C=C[C@H](O[C@@H]1OC[C@H]2OC(C)(C)O[C@H]2[C@@H]1O[Si](C)(C)C(C)(C)C)[C@@H](O)CCCC. The van der Waals surface area contributed by atoms with Crippen LogP contribution in [0, 0.1) is 0 Å². The third kappa shape index (κ3) is 6.12. The largest absolute Gasteiger partial charge is 0.406 e. The molecule has 2 heterocycles. The van der Waals surface area contributed by atoms with Gasteiger partial charge in [-0.05, 0) is 38.4 Å². The minimum Gasteiger partial charge on any atom is -0.406 e. The van der Waals surface area contributed by atoms with E-state index in [-0.39, 0.29) is 17.2 Å². The quantitative estimate of drug-likeness (QED) is 0.433.